The maximum absolute atomic E-state index is 8.36. The van der Waals surface area contributed by atoms with Gasteiger partial charge in [0.2, 0.25) is 0 Å². The minimum absolute atomic E-state index is 0. The Morgan fingerprint density at radius 1 is 0.783 bits per heavy atom. The van der Waals surface area contributed by atoms with Crippen LogP contribution in [-0.4, -0.2) is 23.0 Å². The summed E-state index contributed by atoms with van der Waals surface area (Å²) in [6.07, 6.45) is 3.81. The second kappa shape index (κ2) is 14.3. The van der Waals surface area contributed by atoms with Crippen molar-refractivity contribution in [2.24, 2.45) is 0 Å². The van der Waals surface area contributed by atoms with E-state index < -0.39 is 14.0 Å². The van der Waals surface area contributed by atoms with Crippen molar-refractivity contribution in [2.45, 2.75) is 46.3 Å². The third-order valence-corrected chi connectivity index (χ3v) is 11.0. The standard InChI is InChI=1S/C26H21N2S.C14H16NSi.Ir/c1-16(2)18-12-13-27-24(14-18)22-8-5-7-21-20-11-10-19(15-25(20)29-26(21)22)23-9-4-6-17(3)28-23;1-16(2,3)13-9-10-14(15-11-13)12-7-5-4-6-8-12;/h4-7,9-16H,1-3H3;4-7,9-11H,1-3H3;/q2*-1;/i16D;;. The zero-order valence-electron chi connectivity index (χ0n) is 28.0. The fraction of sp³-hybridized carbons (Fsp3) is 0.175. The van der Waals surface area contributed by atoms with E-state index in [1.807, 2.05) is 81.6 Å². The molecule has 0 bridgehead atoms. The first-order chi connectivity index (χ1) is 22.0. The number of pyridine rings is 3. The van der Waals surface area contributed by atoms with E-state index in [0.29, 0.717) is 0 Å². The summed E-state index contributed by atoms with van der Waals surface area (Å²) in [4.78, 5) is 13.8. The van der Waals surface area contributed by atoms with Crippen LogP contribution in [0.15, 0.2) is 109 Å². The van der Waals surface area contributed by atoms with E-state index in [2.05, 4.69) is 89.2 Å². The van der Waals surface area contributed by atoms with Crippen molar-refractivity contribution in [2.75, 3.05) is 0 Å². The van der Waals surface area contributed by atoms with E-state index in [1.54, 1.807) is 17.5 Å². The Balaban J connectivity index is 0.000000217. The molecule has 7 aromatic rings. The molecule has 0 saturated carbocycles. The van der Waals surface area contributed by atoms with Crippen molar-refractivity contribution >= 4 is 44.8 Å². The van der Waals surface area contributed by atoms with Gasteiger partial charge in [0.1, 0.15) is 0 Å². The van der Waals surface area contributed by atoms with Gasteiger partial charge >= 0.3 is 0 Å². The Morgan fingerprint density at radius 3 is 2.33 bits per heavy atom. The van der Waals surface area contributed by atoms with Gasteiger partial charge in [-0.25, -0.2) is 0 Å². The minimum Gasteiger partial charge on any atom is -0.305 e. The van der Waals surface area contributed by atoms with Crippen LogP contribution in [0.2, 0.25) is 19.6 Å². The molecule has 4 heterocycles. The Bertz CT molecular complexity index is 2130. The normalized spacial score (nSPS) is 11.8. The van der Waals surface area contributed by atoms with Gasteiger partial charge in [0.25, 0.3) is 0 Å². The van der Waals surface area contributed by atoms with Crippen LogP contribution in [0.5, 0.6) is 0 Å². The van der Waals surface area contributed by atoms with Gasteiger partial charge in [-0.15, -0.1) is 59.7 Å². The molecule has 0 fully saturated rings. The van der Waals surface area contributed by atoms with E-state index >= 15 is 0 Å². The number of aromatic nitrogens is 3. The van der Waals surface area contributed by atoms with E-state index in [0.717, 1.165) is 45.0 Å². The van der Waals surface area contributed by atoms with Crippen molar-refractivity contribution in [1.29, 1.82) is 0 Å². The number of hydrogen-bond donors (Lipinski definition) is 0. The monoisotopic (exact) mass is 813 g/mol. The molecule has 3 aromatic carbocycles. The summed E-state index contributed by atoms with van der Waals surface area (Å²) in [5.74, 6) is -0.665. The van der Waals surface area contributed by atoms with Gasteiger partial charge < -0.3 is 9.97 Å². The first-order valence-electron chi connectivity index (χ1n) is 15.7. The zero-order chi connectivity index (χ0) is 32.5. The molecule has 0 N–H and O–H groups in total. The summed E-state index contributed by atoms with van der Waals surface area (Å²) in [7, 11) is -1.23. The molecule has 233 valence electrons. The smallest absolute Gasteiger partial charge is 0.0795 e. The number of thiophene rings is 1. The van der Waals surface area contributed by atoms with Crippen LogP contribution < -0.4 is 5.19 Å². The van der Waals surface area contributed by atoms with Gasteiger partial charge in [0.15, 0.2) is 0 Å². The predicted octanol–water partition coefficient (Wildman–Crippen LogP) is 10.5. The Kier molecular flexibility index (Phi) is 10.0. The SMILES string of the molecule is C[Si](C)(C)c1ccc(-c2[c-]cccc2)nc1.[2H]C(C)(C)c1ccnc(-c2[c-]ccc3c2sc2cc(-c4cccc(C)n4)ccc23)c1.[Ir]. The number of benzene rings is 3. The molecule has 0 amide bonds. The van der Waals surface area contributed by atoms with Gasteiger partial charge in [-0.05, 0) is 63.7 Å². The fourth-order valence-corrected chi connectivity index (χ4v) is 7.51. The third-order valence-electron chi connectivity index (χ3n) is 7.83. The van der Waals surface area contributed by atoms with Crippen LogP contribution in [-0.2, 0) is 20.1 Å². The molecule has 7 rings (SSSR count). The van der Waals surface area contributed by atoms with Crippen molar-refractivity contribution < 1.29 is 21.5 Å². The number of hydrogen-bond acceptors (Lipinski definition) is 4. The third kappa shape index (κ3) is 7.43. The molecule has 0 atom stereocenters. The molecule has 0 aliphatic carbocycles. The fourth-order valence-electron chi connectivity index (χ4n) is 5.22. The van der Waals surface area contributed by atoms with Crippen LogP contribution in [0.25, 0.3) is 53.9 Å². The largest absolute Gasteiger partial charge is 0.305 e. The van der Waals surface area contributed by atoms with Gasteiger partial charge in [0.05, 0.1) is 13.8 Å². The first-order valence-corrected chi connectivity index (χ1v) is 19.5. The molecular formula is C40H37IrN3SSi-2. The van der Waals surface area contributed by atoms with Gasteiger partial charge in [-0.3, -0.25) is 4.98 Å². The average molecular weight is 813 g/mol. The zero-order valence-corrected chi connectivity index (χ0v) is 31.2. The average Bonchev–Trinajstić information content (AvgIpc) is 3.43. The molecule has 3 nitrogen and oxygen atoms in total. The summed E-state index contributed by atoms with van der Waals surface area (Å²) < 4.78 is 10.8. The number of nitrogens with zero attached hydrogens (tertiary/aromatic N) is 3. The maximum atomic E-state index is 8.36. The number of rotatable bonds is 5. The molecule has 4 aromatic heterocycles. The van der Waals surface area contributed by atoms with Crippen LogP contribution in [0.3, 0.4) is 0 Å². The Morgan fingerprint density at radius 2 is 1.63 bits per heavy atom. The molecule has 46 heavy (non-hydrogen) atoms. The Labute approximate surface area is 292 Å². The van der Waals surface area contributed by atoms with Crippen LogP contribution in [0.1, 0.15) is 32.4 Å². The van der Waals surface area contributed by atoms with Gasteiger partial charge in [0, 0.05) is 49.8 Å². The molecule has 6 heteroatoms. The first kappa shape index (κ1) is 32.1. The van der Waals surface area contributed by atoms with E-state index in [9.17, 15) is 0 Å². The quantitative estimate of drug-likeness (QED) is 0.128. The van der Waals surface area contributed by atoms with Crippen molar-refractivity contribution in [3.63, 3.8) is 0 Å². The number of fused-ring (bicyclic) bond motifs is 3. The molecule has 1 radical (unpaired) electrons. The predicted molar refractivity (Wildman–Crippen MR) is 195 cm³/mol. The number of aryl methyl sites for hydroxylation is 1. The van der Waals surface area contributed by atoms with E-state index in [1.165, 1.54) is 25.4 Å². The molecule has 0 saturated heterocycles. The van der Waals surface area contributed by atoms with E-state index in [4.69, 9.17) is 1.37 Å². The minimum atomic E-state index is -1.23. The van der Waals surface area contributed by atoms with Crippen molar-refractivity contribution in [3.8, 4) is 33.8 Å². The molecule has 0 spiro atoms. The van der Waals surface area contributed by atoms with Crippen molar-refractivity contribution in [1.82, 2.24) is 15.0 Å². The summed E-state index contributed by atoms with van der Waals surface area (Å²) >= 11 is 1.76. The van der Waals surface area contributed by atoms with Gasteiger partial charge in [-0.1, -0.05) is 80.8 Å². The van der Waals surface area contributed by atoms with Gasteiger partial charge in [-0.2, -0.15) is 11.3 Å². The Hall–Kier alpha value is -3.80. The van der Waals surface area contributed by atoms with Crippen molar-refractivity contribution in [3.05, 3.63) is 133 Å². The summed E-state index contributed by atoms with van der Waals surface area (Å²) in [6.45, 7) is 12.8. The summed E-state index contributed by atoms with van der Waals surface area (Å²) in [5.41, 5.74) is 8.01. The molecule has 0 aliphatic rings. The second-order valence-electron chi connectivity index (χ2n) is 12.5. The summed E-state index contributed by atoms with van der Waals surface area (Å²) in [6, 6.07) is 39.5. The topological polar surface area (TPSA) is 38.7 Å². The van der Waals surface area contributed by atoms with Crippen LogP contribution in [0, 0.1) is 19.1 Å². The van der Waals surface area contributed by atoms with E-state index in [-0.39, 0.29) is 20.1 Å². The molecular weight excluding hydrogens is 775 g/mol. The molecule has 0 unspecified atom stereocenters. The summed E-state index contributed by atoms with van der Waals surface area (Å²) in [5, 5.41) is 3.84. The maximum Gasteiger partial charge on any atom is 0.0795 e. The molecule has 0 aliphatic heterocycles. The van der Waals surface area contributed by atoms with Crippen LogP contribution >= 0.6 is 11.3 Å². The second-order valence-corrected chi connectivity index (χ2v) is 18.6. The van der Waals surface area contributed by atoms with Crippen LogP contribution in [0.4, 0.5) is 0 Å².